The number of carbonyl (C=O) groups is 1. The van der Waals surface area contributed by atoms with Crippen LogP contribution in [0.4, 0.5) is 0 Å². The van der Waals surface area contributed by atoms with E-state index in [0.717, 1.165) is 21.2 Å². The molecule has 1 nitrogen and oxygen atoms in total. The summed E-state index contributed by atoms with van der Waals surface area (Å²) in [6.07, 6.45) is 0.437. The van der Waals surface area contributed by atoms with Crippen LogP contribution in [0.15, 0.2) is 53.0 Å². The summed E-state index contributed by atoms with van der Waals surface area (Å²) in [7, 11) is 0. The lowest BCUT2D eigenvalue weighted by Gasteiger charge is -2.22. The van der Waals surface area contributed by atoms with Crippen LogP contribution in [0.1, 0.15) is 42.3 Å². The molecule has 0 aliphatic heterocycles. The molecular weight excluding hydrogens is 312 g/mol. The average molecular weight is 331 g/mol. The fraction of sp³-hybridized carbons (Fsp3) is 0.278. The molecule has 0 atom stereocenters. The number of benzene rings is 2. The first-order chi connectivity index (χ1) is 9.38. The highest BCUT2D eigenvalue weighted by molar-refractivity contribution is 9.10. The van der Waals surface area contributed by atoms with Crippen LogP contribution in [-0.4, -0.2) is 5.78 Å². The summed E-state index contributed by atoms with van der Waals surface area (Å²) in [5.74, 6) is 0.175. The van der Waals surface area contributed by atoms with Crippen LogP contribution in [0.5, 0.6) is 0 Å². The monoisotopic (exact) mass is 330 g/mol. The van der Waals surface area contributed by atoms with Gasteiger partial charge in [-0.3, -0.25) is 4.79 Å². The van der Waals surface area contributed by atoms with Crippen LogP contribution in [0.25, 0.3) is 0 Å². The van der Waals surface area contributed by atoms with Gasteiger partial charge < -0.3 is 0 Å². The van der Waals surface area contributed by atoms with E-state index in [0.29, 0.717) is 6.42 Å². The number of carbonyl (C=O) groups excluding carboxylic acids is 1. The first kappa shape index (κ1) is 15.0. The lowest BCUT2D eigenvalue weighted by molar-refractivity contribution is 0.0991. The van der Waals surface area contributed by atoms with Crippen molar-refractivity contribution in [3.63, 3.8) is 0 Å². The maximum atomic E-state index is 12.6. The highest BCUT2D eigenvalue weighted by Gasteiger charge is 2.21. The molecule has 0 aliphatic carbocycles. The molecule has 2 aromatic carbocycles. The standard InChI is InChI=1S/C18H19BrO/c1-18(2,3)16-10-5-4-9-15(16)17(20)12-13-7-6-8-14(19)11-13/h4-11H,12H2,1-3H3. The van der Waals surface area contributed by atoms with E-state index in [1.807, 2.05) is 48.5 Å². The summed E-state index contributed by atoms with van der Waals surface area (Å²) in [5.41, 5.74) is 2.96. The van der Waals surface area contributed by atoms with E-state index in [1.54, 1.807) is 0 Å². The second kappa shape index (κ2) is 5.92. The fourth-order valence-corrected chi connectivity index (χ4v) is 2.75. The third-order valence-corrected chi connectivity index (χ3v) is 3.78. The summed E-state index contributed by atoms with van der Waals surface area (Å²) < 4.78 is 1.01. The van der Waals surface area contributed by atoms with Crippen molar-refractivity contribution in [3.05, 3.63) is 69.7 Å². The van der Waals surface area contributed by atoms with E-state index in [9.17, 15) is 4.79 Å². The van der Waals surface area contributed by atoms with Crippen molar-refractivity contribution >= 4 is 21.7 Å². The molecule has 0 spiro atoms. The molecule has 0 saturated carbocycles. The van der Waals surface area contributed by atoms with Gasteiger partial charge in [0.2, 0.25) is 0 Å². The molecular formula is C18H19BrO. The van der Waals surface area contributed by atoms with E-state index < -0.39 is 0 Å². The zero-order chi connectivity index (χ0) is 14.8. The van der Waals surface area contributed by atoms with Crippen molar-refractivity contribution in [1.29, 1.82) is 0 Å². The van der Waals surface area contributed by atoms with Crippen molar-refractivity contribution < 1.29 is 4.79 Å². The third-order valence-electron chi connectivity index (χ3n) is 3.29. The predicted octanol–water partition coefficient (Wildman–Crippen LogP) is 5.17. The average Bonchev–Trinajstić information content (AvgIpc) is 2.37. The van der Waals surface area contributed by atoms with Gasteiger partial charge in [-0.05, 0) is 28.7 Å². The van der Waals surface area contributed by atoms with E-state index in [-0.39, 0.29) is 11.2 Å². The number of ketones is 1. The maximum Gasteiger partial charge on any atom is 0.167 e. The van der Waals surface area contributed by atoms with Gasteiger partial charge in [0.15, 0.2) is 5.78 Å². The van der Waals surface area contributed by atoms with Gasteiger partial charge in [-0.2, -0.15) is 0 Å². The van der Waals surface area contributed by atoms with Crippen LogP contribution >= 0.6 is 15.9 Å². The first-order valence-electron chi connectivity index (χ1n) is 6.75. The van der Waals surface area contributed by atoms with Crippen LogP contribution in [-0.2, 0) is 11.8 Å². The van der Waals surface area contributed by atoms with Crippen LogP contribution < -0.4 is 0 Å². The van der Waals surface area contributed by atoms with Crippen LogP contribution in [0, 0.1) is 0 Å². The van der Waals surface area contributed by atoms with Gasteiger partial charge >= 0.3 is 0 Å². The summed E-state index contributed by atoms with van der Waals surface area (Å²) in [4.78, 5) is 12.6. The number of rotatable bonds is 3. The molecule has 20 heavy (non-hydrogen) atoms. The Kier molecular flexibility index (Phi) is 4.44. The second-order valence-electron chi connectivity index (χ2n) is 6.03. The number of Topliss-reactive ketones (excluding diaryl/α,β-unsaturated/α-hetero) is 1. The summed E-state index contributed by atoms with van der Waals surface area (Å²) in [6.45, 7) is 6.41. The van der Waals surface area contributed by atoms with Crippen LogP contribution in [0.3, 0.4) is 0 Å². The molecule has 0 radical (unpaired) electrons. The number of hydrogen-bond acceptors (Lipinski definition) is 1. The first-order valence-corrected chi connectivity index (χ1v) is 7.54. The molecule has 0 heterocycles. The quantitative estimate of drug-likeness (QED) is 0.709. The zero-order valence-corrected chi connectivity index (χ0v) is 13.7. The van der Waals surface area contributed by atoms with Crippen molar-refractivity contribution in [2.24, 2.45) is 0 Å². The van der Waals surface area contributed by atoms with E-state index in [1.165, 1.54) is 0 Å². The van der Waals surface area contributed by atoms with E-state index in [4.69, 9.17) is 0 Å². The Morgan fingerprint density at radius 2 is 1.75 bits per heavy atom. The van der Waals surface area contributed by atoms with E-state index >= 15 is 0 Å². The molecule has 2 aromatic rings. The molecule has 0 saturated heterocycles. The Morgan fingerprint density at radius 1 is 1.05 bits per heavy atom. The lowest BCUT2D eigenvalue weighted by atomic mass is 9.82. The van der Waals surface area contributed by atoms with Gasteiger partial charge in [-0.15, -0.1) is 0 Å². The normalized spacial score (nSPS) is 11.4. The van der Waals surface area contributed by atoms with Gasteiger partial charge in [0, 0.05) is 16.5 Å². The smallest absolute Gasteiger partial charge is 0.167 e. The molecule has 0 bridgehead atoms. The van der Waals surface area contributed by atoms with Crippen molar-refractivity contribution in [1.82, 2.24) is 0 Å². The van der Waals surface area contributed by atoms with E-state index in [2.05, 4.69) is 36.7 Å². The third kappa shape index (κ3) is 3.57. The van der Waals surface area contributed by atoms with Crippen molar-refractivity contribution in [2.45, 2.75) is 32.6 Å². The molecule has 0 amide bonds. The second-order valence-corrected chi connectivity index (χ2v) is 6.94. The highest BCUT2D eigenvalue weighted by Crippen LogP contribution is 2.26. The molecule has 2 rings (SSSR count). The number of hydrogen-bond donors (Lipinski definition) is 0. The minimum atomic E-state index is -0.0243. The minimum Gasteiger partial charge on any atom is -0.294 e. The Bertz CT molecular complexity index is 623. The predicted molar refractivity (Wildman–Crippen MR) is 87.3 cm³/mol. The molecule has 0 fully saturated rings. The zero-order valence-electron chi connectivity index (χ0n) is 12.1. The topological polar surface area (TPSA) is 17.1 Å². The van der Waals surface area contributed by atoms with Crippen molar-refractivity contribution in [2.75, 3.05) is 0 Å². The fourth-order valence-electron chi connectivity index (χ4n) is 2.31. The number of halogens is 1. The molecule has 2 heteroatoms. The largest absolute Gasteiger partial charge is 0.294 e. The summed E-state index contributed by atoms with van der Waals surface area (Å²) >= 11 is 3.44. The summed E-state index contributed by atoms with van der Waals surface area (Å²) in [6, 6.07) is 15.8. The SMILES string of the molecule is CC(C)(C)c1ccccc1C(=O)Cc1cccc(Br)c1. The van der Waals surface area contributed by atoms with Gasteiger partial charge in [0.1, 0.15) is 0 Å². The Morgan fingerprint density at radius 3 is 2.40 bits per heavy atom. The maximum absolute atomic E-state index is 12.6. The van der Waals surface area contributed by atoms with Gasteiger partial charge in [-0.25, -0.2) is 0 Å². The Labute approximate surface area is 129 Å². The highest BCUT2D eigenvalue weighted by atomic mass is 79.9. The van der Waals surface area contributed by atoms with Crippen LogP contribution in [0.2, 0.25) is 0 Å². The van der Waals surface area contributed by atoms with Gasteiger partial charge in [-0.1, -0.05) is 73.1 Å². The molecule has 104 valence electrons. The van der Waals surface area contributed by atoms with Crippen molar-refractivity contribution in [3.8, 4) is 0 Å². The lowest BCUT2D eigenvalue weighted by Crippen LogP contribution is -2.17. The van der Waals surface area contributed by atoms with Gasteiger partial charge in [0.05, 0.1) is 0 Å². The molecule has 0 N–H and O–H groups in total. The van der Waals surface area contributed by atoms with Gasteiger partial charge in [0.25, 0.3) is 0 Å². The molecule has 0 unspecified atom stereocenters. The molecule has 0 aliphatic rings. The summed E-state index contributed by atoms with van der Waals surface area (Å²) in [5, 5.41) is 0. The minimum absolute atomic E-state index is 0.0243. The molecule has 0 aromatic heterocycles. The Hall–Kier alpha value is -1.41. The Balaban J connectivity index is 2.31.